The van der Waals surface area contributed by atoms with Crippen molar-refractivity contribution in [1.29, 1.82) is 0 Å². The zero-order chi connectivity index (χ0) is 32.4. The van der Waals surface area contributed by atoms with Crippen molar-refractivity contribution in [2.24, 2.45) is 11.3 Å². The predicted octanol–water partition coefficient (Wildman–Crippen LogP) is 2.06. The van der Waals surface area contributed by atoms with E-state index in [2.05, 4.69) is 11.9 Å². The van der Waals surface area contributed by atoms with Crippen LogP contribution in [0.1, 0.15) is 68.4 Å². The van der Waals surface area contributed by atoms with Gasteiger partial charge in [0, 0.05) is 50.9 Å². The smallest absolute Gasteiger partial charge is 0.342 e. The van der Waals surface area contributed by atoms with Gasteiger partial charge in [-0.05, 0) is 31.4 Å². The summed E-state index contributed by atoms with van der Waals surface area (Å²) in [6.07, 6.45) is -6.65. The van der Waals surface area contributed by atoms with Gasteiger partial charge in [-0.15, -0.1) is 6.58 Å². The molecule has 1 aromatic carbocycles. The lowest BCUT2D eigenvalue weighted by Gasteiger charge is -2.44. The van der Waals surface area contributed by atoms with Crippen molar-refractivity contribution < 1.29 is 53.8 Å². The summed E-state index contributed by atoms with van der Waals surface area (Å²) < 4.78 is 22.5. The quantitative estimate of drug-likeness (QED) is 0.133. The Morgan fingerprint density at radius 1 is 1.14 bits per heavy atom. The van der Waals surface area contributed by atoms with E-state index in [4.69, 9.17) is 18.9 Å². The number of hydrogen-bond acceptors (Lipinski definition) is 11. The van der Waals surface area contributed by atoms with E-state index in [0.29, 0.717) is 11.1 Å². The van der Waals surface area contributed by atoms with Crippen LogP contribution >= 0.6 is 0 Å². The molecular formula is C31H45NO11. The van der Waals surface area contributed by atoms with Crippen molar-refractivity contribution in [2.45, 2.75) is 103 Å². The van der Waals surface area contributed by atoms with Crippen LogP contribution in [0.25, 0.3) is 0 Å². The summed E-state index contributed by atoms with van der Waals surface area (Å²) in [5.41, 5.74) is 0.607. The van der Waals surface area contributed by atoms with Crippen LogP contribution in [0.15, 0.2) is 18.2 Å². The van der Waals surface area contributed by atoms with E-state index in [1.165, 1.54) is 14.2 Å². The van der Waals surface area contributed by atoms with Gasteiger partial charge in [0.1, 0.15) is 35.1 Å². The number of Topliss-reactive ketones (excluding diaryl/α,β-unsaturated/α-hetero) is 1. The highest BCUT2D eigenvalue weighted by Crippen LogP contribution is 2.40. The van der Waals surface area contributed by atoms with Crippen LogP contribution < -0.4 is 5.32 Å². The van der Waals surface area contributed by atoms with Crippen LogP contribution in [-0.4, -0.2) is 95.2 Å². The summed E-state index contributed by atoms with van der Waals surface area (Å²) >= 11 is 0. The number of fused-ring (bicyclic) bond motifs is 1. The molecule has 240 valence electrons. The van der Waals surface area contributed by atoms with E-state index in [1.54, 1.807) is 34.6 Å². The number of phenols is 2. The first-order valence-electron chi connectivity index (χ1n) is 14.3. The summed E-state index contributed by atoms with van der Waals surface area (Å²) in [5.74, 6) is -2.82. The van der Waals surface area contributed by atoms with E-state index in [-0.39, 0.29) is 48.5 Å². The first-order chi connectivity index (χ1) is 20.0. The maximum Gasteiger partial charge on any atom is 0.342 e. The molecule has 6 unspecified atom stereocenters. The Labute approximate surface area is 252 Å². The lowest BCUT2D eigenvalue weighted by molar-refractivity contribution is -0.188. The van der Waals surface area contributed by atoms with Gasteiger partial charge in [-0.3, -0.25) is 9.59 Å². The molecule has 8 atom stereocenters. The molecule has 2 aliphatic heterocycles. The summed E-state index contributed by atoms with van der Waals surface area (Å²) in [4.78, 5) is 38.9. The number of carbonyl (C=O) groups excluding carboxylic acids is 3. The average molecular weight is 608 g/mol. The summed E-state index contributed by atoms with van der Waals surface area (Å²) in [6.45, 7) is 12.3. The van der Waals surface area contributed by atoms with Gasteiger partial charge in [0.05, 0.1) is 18.3 Å². The van der Waals surface area contributed by atoms with Gasteiger partial charge < -0.3 is 44.7 Å². The van der Waals surface area contributed by atoms with Crippen LogP contribution in [0.4, 0.5) is 0 Å². The fourth-order valence-electron chi connectivity index (χ4n) is 5.65. The molecule has 0 bridgehead atoms. The Kier molecular flexibility index (Phi) is 11.0. The molecule has 0 spiro atoms. The van der Waals surface area contributed by atoms with Crippen molar-refractivity contribution in [3.8, 4) is 11.5 Å². The number of ether oxygens (including phenoxy) is 4. The van der Waals surface area contributed by atoms with Gasteiger partial charge in [0.15, 0.2) is 12.3 Å². The molecule has 1 fully saturated rings. The number of aliphatic hydroxyl groups excluding tert-OH is 2. The Morgan fingerprint density at radius 2 is 1.79 bits per heavy atom. The number of methoxy groups -OCH3 is 2. The number of benzene rings is 1. The third-order valence-corrected chi connectivity index (χ3v) is 8.78. The Hall–Kier alpha value is -3.03. The minimum atomic E-state index is -1.52. The number of carbonyl (C=O) groups is 3. The first-order valence-corrected chi connectivity index (χ1v) is 14.3. The Bertz CT molecular complexity index is 1230. The van der Waals surface area contributed by atoms with Crippen molar-refractivity contribution in [3.05, 3.63) is 34.9 Å². The molecule has 0 aromatic heterocycles. The normalized spacial score (nSPS) is 25.1. The van der Waals surface area contributed by atoms with E-state index in [0.717, 1.165) is 11.6 Å². The predicted molar refractivity (Wildman–Crippen MR) is 154 cm³/mol. The van der Waals surface area contributed by atoms with Gasteiger partial charge in [-0.2, -0.15) is 0 Å². The molecule has 2 aliphatic rings. The number of rotatable bonds is 12. The monoisotopic (exact) mass is 607 g/mol. The highest BCUT2D eigenvalue weighted by atomic mass is 16.6. The number of aromatic hydroxyl groups is 2. The SMILES string of the molecule is C=C(C)CC(OC)C(O)C(=O)N[C@@H](OC)C1CC(=O)C(C)(C)[C@@H](CC(O)C(C)C2Cc3c(C)c(O)cc(O)c3C(=O)O2)O1. The maximum absolute atomic E-state index is 13.3. The molecule has 1 saturated heterocycles. The van der Waals surface area contributed by atoms with Crippen molar-refractivity contribution in [3.63, 3.8) is 0 Å². The molecule has 0 saturated carbocycles. The fourth-order valence-corrected chi connectivity index (χ4v) is 5.65. The molecule has 0 radical (unpaired) electrons. The molecule has 12 heteroatoms. The average Bonchev–Trinajstić information content (AvgIpc) is 2.94. The standard InChI is InChI=1S/C31H45NO11/c1-14(2)9-22(40-7)27(37)28(38)32-29(41-8)23-13-24(36)31(5,6)25(42-23)12-19(34)16(4)21-10-17-15(3)18(33)11-20(35)26(17)30(39)43-21/h11,16,19,21-23,25,27,29,33-35,37H,1,9-10,12-13H2,2-8H3,(H,32,38)/t16?,19?,21?,22?,23?,25-,27?,29+/m1/s1. The third-order valence-electron chi connectivity index (χ3n) is 8.78. The van der Waals surface area contributed by atoms with E-state index >= 15 is 0 Å². The van der Waals surface area contributed by atoms with Gasteiger partial charge in [0.2, 0.25) is 0 Å². The molecule has 1 aromatic rings. The molecule has 12 nitrogen and oxygen atoms in total. The van der Waals surface area contributed by atoms with Crippen molar-refractivity contribution in [2.75, 3.05) is 14.2 Å². The zero-order valence-electron chi connectivity index (χ0n) is 25.9. The number of ketones is 1. The van der Waals surface area contributed by atoms with Crippen LogP contribution in [0, 0.1) is 18.3 Å². The van der Waals surface area contributed by atoms with Gasteiger partial charge >= 0.3 is 5.97 Å². The molecule has 1 amide bonds. The summed E-state index contributed by atoms with van der Waals surface area (Å²) in [5, 5.41) is 44.8. The van der Waals surface area contributed by atoms with Crippen LogP contribution in [-0.2, 0) is 35.0 Å². The largest absolute Gasteiger partial charge is 0.508 e. The van der Waals surface area contributed by atoms with Crippen molar-refractivity contribution in [1.82, 2.24) is 5.32 Å². The van der Waals surface area contributed by atoms with E-state index in [9.17, 15) is 34.8 Å². The van der Waals surface area contributed by atoms with E-state index < -0.39 is 66.1 Å². The molecule has 5 N–H and O–H groups in total. The number of cyclic esters (lactones) is 1. The summed E-state index contributed by atoms with van der Waals surface area (Å²) in [7, 11) is 2.72. The molecule has 2 heterocycles. The summed E-state index contributed by atoms with van der Waals surface area (Å²) in [6, 6.07) is 1.10. The zero-order valence-corrected chi connectivity index (χ0v) is 25.9. The number of hydrogen-bond donors (Lipinski definition) is 5. The number of aliphatic hydroxyl groups is 2. The Morgan fingerprint density at radius 3 is 2.37 bits per heavy atom. The highest BCUT2D eigenvalue weighted by Gasteiger charge is 2.48. The molecule has 3 rings (SSSR count). The van der Waals surface area contributed by atoms with Gasteiger partial charge in [0.25, 0.3) is 5.91 Å². The lowest BCUT2D eigenvalue weighted by atomic mass is 9.74. The lowest BCUT2D eigenvalue weighted by Crippen LogP contribution is -2.58. The van der Waals surface area contributed by atoms with Gasteiger partial charge in [-0.25, -0.2) is 4.79 Å². The molecule has 43 heavy (non-hydrogen) atoms. The topological polar surface area (TPSA) is 181 Å². The first kappa shape index (κ1) is 34.5. The maximum atomic E-state index is 13.3. The number of nitrogens with one attached hydrogen (secondary N) is 1. The van der Waals surface area contributed by atoms with Crippen molar-refractivity contribution >= 4 is 17.7 Å². The fraction of sp³-hybridized carbons (Fsp3) is 0.645. The Balaban J connectivity index is 1.74. The molecule has 0 aliphatic carbocycles. The second-order valence-electron chi connectivity index (χ2n) is 12.3. The highest BCUT2D eigenvalue weighted by molar-refractivity contribution is 5.96. The van der Waals surface area contributed by atoms with Crippen LogP contribution in [0.3, 0.4) is 0 Å². The van der Waals surface area contributed by atoms with E-state index in [1.807, 2.05) is 0 Å². The second-order valence-corrected chi connectivity index (χ2v) is 12.3. The van der Waals surface area contributed by atoms with Gasteiger partial charge in [-0.1, -0.05) is 26.3 Å². The third kappa shape index (κ3) is 7.38. The number of esters is 1. The minimum absolute atomic E-state index is 0.00104. The van der Waals surface area contributed by atoms with Crippen LogP contribution in [0.2, 0.25) is 0 Å². The second kappa shape index (κ2) is 13.7. The number of phenolic OH excluding ortho intramolecular Hbond substituents is 2. The molecular weight excluding hydrogens is 562 g/mol. The number of amides is 1. The minimum Gasteiger partial charge on any atom is -0.508 e. The van der Waals surface area contributed by atoms with Crippen LogP contribution in [0.5, 0.6) is 11.5 Å².